The van der Waals surface area contributed by atoms with Crippen molar-refractivity contribution in [2.45, 2.75) is 18.6 Å². The van der Waals surface area contributed by atoms with Gasteiger partial charge in [-0.25, -0.2) is 5.01 Å². The maximum atomic E-state index is 13.1. The van der Waals surface area contributed by atoms with Gasteiger partial charge in [0.1, 0.15) is 11.8 Å². The molecule has 3 aromatic rings. The van der Waals surface area contributed by atoms with Crippen molar-refractivity contribution in [3.63, 3.8) is 0 Å². The van der Waals surface area contributed by atoms with Crippen LogP contribution in [0.2, 0.25) is 0 Å². The van der Waals surface area contributed by atoms with Crippen LogP contribution in [-0.2, 0) is 11.2 Å². The van der Waals surface area contributed by atoms with Gasteiger partial charge in [0.2, 0.25) is 0 Å². The Balaban J connectivity index is 1.59. The van der Waals surface area contributed by atoms with Crippen LogP contribution in [0, 0.1) is 0 Å². The molecule has 5 heteroatoms. The number of hydrogen-bond acceptors (Lipinski definition) is 4. The van der Waals surface area contributed by atoms with Crippen molar-refractivity contribution in [2.75, 3.05) is 10.3 Å². The van der Waals surface area contributed by atoms with Gasteiger partial charge in [0, 0.05) is 12.1 Å². The van der Waals surface area contributed by atoms with E-state index in [1.165, 1.54) is 5.56 Å². The Hall–Kier alpha value is -3.21. The van der Waals surface area contributed by atoms with Gasteiger partial charge in [0.15, 0.2) is 6.17 Å². The molecular formula is C20H17N3O2. The van der Waals surface area contributed by atoms with E-state index in [4.69, 9.17) is 4.42 Å². The SMILES string of the molecule is O=C1[C@@H]2Cc3ccccc3N2[C@@H](c2ccco2)N1Nc1ccccc1. The molecule has 0 spiro atoms. The summed E-state index contributed by atoms with van der Waals surface area (Å²) in [6.07, 6.45) is 2.06. The van der Waals surface area contributed by atoms with E-state index in [-0.39, 0.29) is 18.1 Å². The molecule has 2 atom stereocenters. The van der Waals surface area contributed by atoms with Crippen molar-refractivity contribution in [1.29, 1.82) is 0 Å². The molecule has 0 aliphatic carbocycles. The Morgan fingerprint density at radius 2 is 1.76 bits per heavy atom. The third-order valence-electron chi connectivity index (χ3n) is 4.87. The average molecular weight is 331 g/mol. The molecule has 1 amide bonds. The normalized spacial score (nSPS) is 21.4. The molecule has 25 heavy (non-hydrogen) atoms. The Labute approximate surface area is 145 Å². The van der Waals surface area contributed by atoms with Gasteiger partial charge in [-0.3, -0.25) is 10.2 Å². The van der Waals surface area contributed by atoms with Gasteiger partial charge in [-0.15, -0.1) is 0 Å². The number of para-hydroxylation sites is 2. The second-order valence-corrected chi connectivity index (χ2v) is 6.33. The van der Waals surface area contributed by atoms with E-state index >= 15 is 0 Å². The topological polar surface area (TPSA) is 48.7 Å². The average Bonchev–Trinajstić information content (AvgIpc) is 3.35. The molecule has 2 aromatic carbocycles. The van der Waals surface area contributed by atoms with Crippen molar-refractivity contribution in [1.82, 2.24) is 5.01 Å². The van der Waals surface area contributed by atoms with Gasteiger partial charge >= 0.3 is 0 Å². The van der Waals surface area contributed by atoms with E-state index in [0.29, 0.717) is 0 Å². The number of furan rings is 1. The second-order valence-electron chi connectivity index (χ2n) is 6.33. The molecule has 3 heterocycles. The minimum absolute atomic E-state index is 0.0569. The molecule has 1 saturated heterocycles. The molecule has 0 saturated carbocycles. The van der Waals surface area contributed by atoms with Crippen LogP contribution >= 0.6 is 0 Å². The molecule has 0 radical (unpaired) electrons. The monoisotopic (exact) mass is 331 g/mol. The number of hydrogen-bond donors (Lipinski definition) is 1. The smallest absolute Gasteiger partial charge is 0.266 e. The fourth-order valence-electron chi connectivity index (χ4n) is 3.79. The first-order chi connectivity index (χ1) is 12.3. The molecule has 5 rings (SSSR count). The van der Waals surface area contributed by atoms with E-state index in [2.05, 4.69) is 22.5 Å². The number of amides is 1. The Morgan fingerprint density at radius 3 is 2.56 bits per heavy atom. The molecule has 0 unspecified atom stereocenters. The summed E-state index contributed by atoms with van der Waals surface area (Å²) < 4.78 is 5.68. The van der Waals surface area contributed by atoms with Crippen LogP contribution in [0.5, 0.6) is 0 Å². The molecule has 2 aliphatic rings. The quantitative estimate of drug-likeness (QED) is 0.797. The summed E-state index contributed by atoms with van der Waals surface area (Å²) in [5.74, 6) is 0.803. The van der Waals surface area contributed by atoms with Gasteiger partial charge in [-0.1, -0.05) is 36.4 Å². The zero-order valence-corrected chi connectivity index (χ0v) is 13.5. The number of carbonyl (C=O) groups is 1. The predicted octanol–water partition coefficient (Wildman–Crippen LogP) is 3.58. The van der Waals surface area contributed by atoms with Crippen LogP contribution in [0.1, 0.15) is 17.5 Å². The first kappa shape index (κ1) is 14.2. The molecule has 124 valence electrons. The van der Waals surface area contributed by atoms with Crippen molar-refractivity contribution in [3.05, 3.63) is 84.3 Å². The maximum Gasteiger partial charge on any atom is 0.266 e. The molecule has 5 nitrogen and oxygen atoms in total. The van der Waals surface area contributed by atoms with Gasteiger partial charge < -0.3 is 9.32 Å². The third kappa shape index (κ3) is 2.12. The zero-order valence-electron chi connectivity index (χ0n) is 13.5. The van der Waals surface area contributed by atoms with Gasteiger partial charge in [-0.2, -0.15) is 0 Å². The second kappa shape index (κ2) is 5.41. The predicted molar refractivity (Wildman–Crippen MR) is 94.8 cm³/mol. The molecule has 2 aliphatic heterocycles. The van der Waals surface area contributed by atoms with E-state index in [1.54, 1.807) is 11.3 Å². The molecule has 0 bridgehead atoms. The minimum atomic E-state index is -0.309. The molecule has 1 aromatic heterocycles. The van der Waals surface area contributed by atoms with Crippen LogP contribution < -0.4 is 10.3 Å². The first-order valence-corrected chi connectivity index (χ1v) is 8.37. The highest BCUT2D eigenvalue weighted by atomic mass is 16.3. The third-order valence-corrected chi connectivity index (χ3v) is 4.87. The fourth-order valence-corrected chi connectivity index (χ4v) is 3.79. The number of rotatable bonds is 3. The molecule has 1 fully saturated rings. The highest BCUT2D eigenvalue weighted by molar-refractivity contribution is 5.93. The van der Waals surface area contributed by atoms with Crippen LogP contribution in [0.15, 0.2) is 77.4 Å². The summed E-state index contributed by atoms with van der Waals surface area (Å²) in [5, 5.41) is 1.69. The highest BCUT2D eigenvalue weighted by Crippen LogP contribution is 2.45. The van der Waals surface area contributed by atoms with Crippen LogP contribution in [0.3, 0.4) is 0 Å². The van der Waals surface area contributed by atoms with Crippen molar-refractivity contribution >= 4 is 17.3 Å². The minimum Gasteiger partial charge on any atom is -0.465 e. The lowest BCUT2D eigenvalue weighted by Crippen LogP contribution is -2.36. The van der Waals surface area contributed by atoms with E-state index in [9.17, 15) is 4.79 Å². The van der Waals surface area contributed by atoms with E-state index in [0.717, 1.165) is 23.6 Å². The van der Waals surface area contributed by atoms with Gasteiger partial charge in [0.05, 0.1) is 12.0 Å². The standard InChI is InChI=1S/C20H17N3O2/c24-20-17-13-14-7-4-5-10-16(14)22(17)19(18-11-6-12-25-18)23(20)21-15-8-2-1-3-9-15/h1-12,17,19,21H,13H2/t17-,19+/m0/s1. The lowest BCUT2D eigenvalue weighted by molar-refractivity contribution is -0.128. The van der Waals surface area contributed by atoms with Gasteiger partial charge in [-0.05, 0) is 35.9 Å². The van der Waals surface area contributed by atoms with Crippen molar-refractivity contribution in [3.8, 4) is 0 Å². The first-order valence-electron chi connectivity index (χ1n) is 8.37. The summed E-state index contributed by atoms with van der Waals surface area (Å²) in [6, 6.07) is 21.5. The van der Waals surface area contributed by atoms with Crippen LogP contribution in [-0.4, -0.2) is 17.0 Å². The number of fused-ring (bicyclic) bond motifs is 3. The van der Waals surface area contributed by atoms with Gasteiger partial charge in [0.25, 0.3) is 5.91 Å². The van der Waals surface area contributed by atoms with Crippen molar-refractivity contribution in [2.24, 2.45) is 0 Å². The zero-order chi connectivity index (χ0) is 16.8. The number of benzene rings is 2. The summed E-state index contributed by atoms with van der Waals surface area (Å²) in [5.41, 5.74) is 6.45. The van der Waals surface area contributed by atoms with Crippen molar-refractivity contribution < 1.29 is 9.21 Å². The van der Waals surface area contributed by atoms with Crippen LogP contribution in [0.25, 0.3) is 0 Å². The lowest BCUT2D eigenvalue weighted by atomic mass is 10.1. The largest absolute Gasteiger partial charge is 0.465 e. The summed E-state index contributed by atoms with van der Waals surface area (Å²) in [6.45, 7) is 0. The van der Waals surface area contributed by atoms with E-state index in [1.807, 2.05) is 54.6 Å². The molecular weight excluding hydrogens is 314 g/mol. The number of anilines is 2. The maximum absolute atomic E-state index is 13.1. The number of hydrazine groups is 1. The Kier molecular flexibility index (Phi) is 3.06. The summed E-state index contributed by atoms with van der Waals surface area (Å²) in [7, 11) is 0. The number of carbonyl (C=O) groups excluding carboxylic acids is 1. The Morgan fingerprint density at radius 1 is 0.960 bits per heavy atom. The number of nitrogens with one attached hydrogen (secondary N) is 1. The Bertz CT molecular complexity index is 908. The van der Waals surface area contributed by atoms with Crippen LogP contribution in [0.4, 0.5) is 11.4 Å². The fraction of sp³-hybridized carbons (Fsp3) is 0.150. The number of nitrogens with zero attached hydrogens (tertiary/aromatic N) is 2. The molecule has 1 N–H and O–H groups in total. The summed E-state index contributed by atoms with van der Waals surface area (Å²) >= 11 is 0. The highest BCUT2D eigenvalue weighted by Gasteiger charge is 2.52. The van der Waals surface area contributed by atoms with E-state index < -0.39 is 0 Å². The summed E-state index contributed by atoms with van der Waals surface area (Å²) in [4.78, 5) is 15.3. The lowest BCUT2D eigenvalue weighted by Gasteiger charge is -2.30.